The third-order valence-electron chi connectivity index (χ3n) is 6.61. The number of carbonyl (C=O) groups is 4. The predicted molar refractivity (Wildman–Crippen MR) is 141 cm³/mol. The van der Waals surface area contributed by atoms with Gasteiger partial charge in [0.2, 0.25) is 5.78 Å². The lowest BCUT2D eigenvalue weighted by Gasteiger charge is -2.29. The Balaban J connectivity index is 2.53. The minimum atomic E-state index is -0.993. The Labute approximate surface area is 223 Å². The van der Waals surface area contributed by atoms with Gasteiger partial charge in [0.05, 0.1) is 17.9 Å². The van der Waals surface area contributed by atoms with E-state index in [1.54, 1.807) is 39.0 Å². The Morgan fingerprint density at radius 1 is 1.11 bits per heavy atom. The second-order valence-electron chi connectivity index (χ2n) is 9.79. The van der Waals surface area contributed by atoms with Gasteiger partial charge < -0.3 is 30.4 Å². The fraction of sp³-hybridized carbons (Fsp3) is 0.500. The maximum atomic E-state index is 13.0. The van der Waals surface area contributed by atoms with Gasteiger partial charge in [0.15, 0.2) is 11.9 Å². The van der Waals surface area contributed by atoms with Crippen LogP contribution in [0, 0.1) is 11.8 Å². The second-order valence-corrected chi connectivity index (χ2v) is 9.79. The molecular weight excluding hydrogens is 492 g/mol. The van der Waals surface area contributed by atoms with E-state index in [0.717, 1.165) is 6.08 Å². The summed E-state index contributed by atoms with van der Waals surface area (Å²) in [5.41, 5.74) is 6.35. The van der Waals surface area contributed by atoms with Crippen molar-refractivity contribution in [3.8, 4) is 0 Å². The van der Waals surface area contributed by atoms with Crippen LogP contribution in [0.5, 0.6) is 0 Å². The number of amides is 2. The Kier molecular flexibility index (Phi) is 11.4. The van der Waals surface area contributed by atoms with Crippen LogP contribution in [-0.2, 0) is 28.6 Å². The molecule has 6 atom stereocenters. The Bertz CT molecular complexity index is 1080. The molecule has 0 radical (unpaired) electrons. The van der Waals surface area contributed by atoms with E-state index in [2.05, 4.69) is 5.32 Å². The largest absolute Gasteiger partial charge is 0.439 e. The van der Waals surface area contributed by atoms with E-state index >= 15 is 0 Å². The minimum Gasteiger partial charge on any atom is -0.439 e. The Morgan fingerprint density at radius 2 is 1.79 bits per heavy atom. The van der Waals surface area contributed by atoms with Crippen LogP contribution in [0.15, 0.2) is 58.9 Å². The first kappa shape index (κ1) is 30.9. The topological polar surface area (TPSA) is 154 Å². The van der Waals surface area contributed by atoms with Gasteiger partial charge in [0, 0.05) is 37.4 Å². The highest BCUT2D eigenvalue weighted by Crippen LogP contribution is 2.27. The molecule has 2 rings (SSSR count). The molecule has 10 heteroatoms. The van der Waals surface area contributed by atoms with Gasteiger partial charge in [-0.1, -0.05) is 38.2 Å². The van der Waals surface area contributed by atoms with Crippen LogP contribution in [-0.4, -0.2) is 67.3 Å². The molecule has 2 aliphatic rings. The second kappa shape index (κ2) is 14.0. The molecular formula is C28H38N2O8. The fourth-order valence-corrected chi connectivity index (χ4v) is 4.53. The first-order valence-electron chi connectivity index (χ1n) is 12.4. The van der Waals surface area contributed by atoms with Crippen LogP contribution >= 0.6 is 0 Å². The predicted octanol–water partition coefficient (Wildman–Crippen LogP) is 2.43. The number of Topliss-reactive ketones (excluding diaryl/α,β-unsaturated/α-hetero) is 1. The van der Waals surface area contributed by atoms with Crippen molar-refractivity contribution in [2.45, 2.75) is 65.0 Å². The Hall–Kier alpha value is -3.34. The maximum absolute atomic E-state index is 13.0. The van der Waals surface area contributed by atoms with Gasteiger partial charge in [-0.3, -0.25) is 14.4 Å². The first-order valence-corrected chi connectivity index (χ1v) is 12.4. The van der Waals surface area contributed by atoms with E-state index in [0.29, 0.717) is 12.0 Å². The molecule has 1 heterocycles. The van der Waals surface area contributed by atoms with Crippen LogP contribution in [0.4, 0.5) is 4.79 Å². The molecule has 0 aromatic rings. The van der Waals surface area contributed by atoms with Crippen molar-refractivity contribution in [1.82, 2.24) is 5.32 Å². The number of ether oxygens (including phenoxy) is 3. The zero-order valence-corrected chi connectivity index (χ0v) is 22.7. The fourth-order valence-electron chi connectivity index (χ4n) is 4.53. The number of fused-ring (bicyclic) bond motifs is 2. The number of nitrogens with one attached hydrogen (secondary N) is 1. The summed E-state index contributed by atoms with van der Waals surface area (Å²) in [7, 11) is 2.92. The minimum absolute atomic E-state index is 0.0965. The Morgan fingerprint density at radius 3 is 2.39 bits per heavy atom. The standard InChI is InChI=1S/C28H38N2O8/c1-15-10-19-13-20(31)14-21(25(19)33)30-27(34)16(2)8-7-9-22(36-5)26(38-28(29)35)18(4)12-17(3)24(32)23(11-15)37-6/h7-9,12-15,17,22-24,26,32H,10-11H2,1-6H3,(H2,29,35)(H,30,34)/b9-7+,16-8-,18-12+/t15-,17+,22-,23+,24-,26+/m1/s1. The summed E-state index contributed by atoms with van der Waals surface area (Å²) in [4.78, 5) is 49.7. The lowest BCUT2D eigenvalue weighted by molar-refractivity contribution is -0.120. The number of hydrogen-bond donors (Lipinski definition) is 3. The summed E-state index contributed by atoms with van der Waals surface area (Å²) in [5, 5.41) is 13.6. The van der Waals surface area contributed by atoms with Crippen molar-refractivity contribution >= 4 is 23.6 Å². The summed E-state index contributed by atoms with van der Waals surface area (Å²) in [6.07, 6.45) is 5.27. The number of allylic oxidation sites excluding steroid dienone is 5. The molecule has 0 saturated heterocycles. The summed E-state index contributed by atoms with van der Waals surface area (Å²) in [6.45, 7) is 6.98. The van der Waals surface area contributed by atoms with Crippen molar-refractivity contribution in [3.63, 3.8) is 0 Å². The van der Waals surface area contributed by atoms with Gasteiger partial charge in [-0.05, 0) is 44.3 Å². The zero-order valence-electron chi connectivity index (χ0n) is 22.7. The smallest absolute Gasteiger partial charge is 0.405 e. The van der Waals surface area contributed by atoms with Gasteiger partial charge in [-0.2, -0.15) is 0 Å². The van der Waals surface area contributed by atoms with Crippen LogP contribution in [0.25, 0.3) is 0 Å². The lowest BCUT2D eigenvalue weighted by atomic mass is 9.86. The number of primary amides is 1. The van der Waals surface area contributed by atoms with E-state index in [9.17, 15) is 24.3 Å². The van der Waals surface area contributed by atoms with E-state index in [1.807, 2.05) is 6.92 Å². The molecule has 4 N–H and O–H groups in total. The van der Waals surface area contributed by atoms with Crippen molar-refractivity contribution in [3.05, 3.63) is 58.9 Å². The van der Waals surface area contributed by atoms with Gasteiger partial charge in [-0.25, -0.2) is 4.79 Å². The quantitative estimate of drug-likeness (QED) is 0.371. The van der Waals surface area contributed by atoms with E-state index in [-0.39, 0.29) is 29.2 Å². The summed E-state index contributed by atoms with van der Waals surface area (Å²) in [6, 6.07) is 0. The molecule has 1 aliphatic carbocycles. The van der Waals surface area contributed by atoms with Gasteiger partial charge in [0.1, 0.15) is 6.10 Å². The molecule has 2 amide bonds. The SMILES string of the molecule is CO[C@H]1C[C@H](C)CC2=CC(=O)C=C(NC(=O)/C(C)=C\C=C\[C@@H](OC)[C@@H](OC(N)=O)/C(C)=C/[C@H](C)[C@H]1O)C2=O. The van der Waals surface area contributed by atoms with Gasteiger partial charge in [0.25, 0.3) is 5.91 Å². The van der Waals surface area contributed by atoms with E-state index < -0.39 is 53.9 Å². The maximum Gasteiger partial charge on any atom is 0.405 e. The third kappa shape index (κ3) is 8.34. The van der Waals surface area contributed by atoms with Crippen LogP contribution in [0.1, 0.15) is 40.5 Å². The lowest BCUT2D eigenvalue weighted by Crippen LogP contribution is -2.37. The van der Waals surface area contributed by atoms with E-state index in [1.165, 1.54) is 26.4 Å². The first-order chi connectivity index (χ1) is 17.9. The average Bonchev–Trinajstić information content (AvgIpc) is 2.85. The van der Waals surface area contributed by atoms with E-state index in [4.69, 9.17) is 19.9 Å². The number of ketones is 2. The normalized spacial score (nSPS) is 33.6. The number of nitrogens with two attached hydrogens (primary N) is 1. The zero-order chi connectivity index (χ0) is 28.6. The molecule has 0 fully saturated rings. The molecule has 10 nitrogen and oxygen atoms in total. The van der Waals surface area contributed by atoms with Crippen molar-refractivity contribution in [2.24, 2.45) is 17.6 Å². The number of methoxy groups -OCH3 is 2. The summed E-state index contributed by atoms with van der Waals surface area (Å²) in [5.74, 6) is -1.93. The average molecular weight is 531 g/mol. The van der Waals surface area contributed by atoms with Crippen molar-refractivity contribution in [2.75, 3.05) is 14.2 Å². The van der Waals surface area contributed by atoms with Crippen molar-refractivity contribution < 1.29 is 38.5 Å². The molecule has 1 aliphatic heterocycles. The van der Waals surface area contributed by atoms with Gasteiger partial charge in [-0.15, -0.1) is 0 Å². The number of aliphatic hydroxyl groups excluding tert-OH is 1. The summed E-state index contributed by atoms with van der Waals surface area (Å²) < 4.78 is 16.4. The van der Waals surface area contributed by atoms with Crippen LogP contribution in [0.2, 0.25) is 0 Å². The number of rotatable bonds is 3. The molecule has 38 heavy (non-hydrogen) atoms. The summed E-state index contributed by atoms with van der Waals surface area (Å²) >= 11 is 0. The highest BCUT2D eigenvalue weighted by atomic mass is 16.6. The van der Waals surface area contributed by atoms with Crippen molar-refractivity contribution in [1.29, 1.82) is 0 Å². The van der Waals surface area contributed by atoms with Crippen LogP contribution in [0.3, 0.4) is 0 Å². The molecule has 0 saturated carbocycles. The molecule has 208 valence electrons. The van der Waals surface area contributed by atoms with Gasteiger partial charge >= 0.3 is 6.09 Å². The third-order valence-corrected chi connectivity index (χ3v) is 6.61. The molecule has 0 aromatic heterocycles. The molecule has 0 unspecified atom stereocenters. The highest BCUT2D eigenvalue weighted by molar-refractivity contribution is 6.21. The molecule has 2 bridgehead atoms. The van der Waals surface area contributed by atoms with Crippen LogP contribution < -0.4 is 11.1 Å². The number of aliphatic hydroxyl groups is 1. The monoisotopic (exact) mass is 530 g/mol. The number of hydrogen-bond acceptors (Lipinski definition) is 8. The number of carbonyl (C=O) groups excluding carboxylic acids is 4. The molecule has 0 aromatic carbocycles. The highest BCUT2D eigenvalue weighted by Gasteiger charge is 2.31. The molecule has 0 spiro atoms.